The first-order valence-electron chi connectivity index (χ1n) is 11.3. The Bertz CT molecular complexity index is 1110. The van der Waals surface area contributed by atoms with Crippen LogP contribution < -0.4 is 15.8 Å². The highest BCUT2D eigenvalue weighted by atomic mass is 16.2. The third kappa shape index (κ3) is 5.20. The number of rotatable bonds is 8. The summed E-state index contributed by atoms with van der Waals surface area (Å²) in [5.41, 5.74) is 3.16. The van der Waals surface area contributed by atoms with Crippen LogP contribution in [0, 0.1) is 0 Å². The lowest BCUT2D eigenvalue weighted by atomic mass is 9.88. The molecule has 0 saturated carbocycles. The minimum Gasteiger partial charge on any atom is -0.344 e. The number of hydrogen-bond acceptors (Lipinski definition) is 3. The average Bonchev–Trinajstić information content (AvgIpc) is 2.78. The number of aromatic nitrogens is 2. The van der Waals surface area contributed by atoms with E-state index in [9.17, 15) is 9.59 Å². The normalized spacial score (nSPS) is 16.6. The predicted octanol–water partition coefficient (Wildman–Crippen LogP) is 2.30. The van der Waals surface area contributed by atoms with Crippen molar-refractivity contribution in [1.82, 2.24) is 15.3 Å². The molecule has 1 aliphatic rings. The number of aryl methyl sites for hydroxylation is 1. The predicted molar refractivity (Wildman–Crippen MR) is 122 cm³/mol. The fourth-order valence-electron chi connectivity index (χ4n) is 4.50. The molecule has 4 rings (SSSR count). The number of carbonyl (C=O) groups excluding carboxylic acids is 1. The van der Waals surface area contributed by atoms with E-state index in [4.69, 9.17) is 0 Å². The molecule has 3 N–H and O–H groups in total. The molecular weight excluding hydrogens is 388 g/mol. The maximum atomic E-state index is 12.9. The van der Waals surface area contributed by atoms with E-state index in [0.29, 0.717) is 29.8 Å². The summed E-state index contributed by atoms with van der Waals surface area (Å²) in [4.78, 5) is 34.0. The largest absolute Gasteiger partial charge is 0.344 e. The van der Waals surface area contributed by atoms with Gasteiger partial charge < -0.3 is 15.2 Å². The molecule has 0 saturated heterocycles. The summed E-state index contributed by atoms with van der Waals surface area (Å²) >= 11 is 0. The summed E-state index contributed by atoms with van der Waals surface area (Å²) in [6.07, 6.45) is 5.23. The van der Waals surface area contributed by atoms with E-state index in [2.05, 4.69) is 40.4 Å². The van der Waals surface area contributed by atoms with Crippen LogP contribution in [0.3, 0.4) is 0 Å². The van der Waals surface area contributed by atoms with Crippen LogP contribution in [0.25, 0.3) is 10.9 Å². The first-order chi connectivity index (χ1) is 15.1. The van der Waals surface area contributed by atoms with Gasteiger partial charge >= 0.3 is 0 Å². The van der Waals surface area contributed by atoms with Crippen LogP contribution in [-0.4, -0.2) is 29.0 Å². The zero-order valence-electron chi connectivity index (χ0n) is 18.1. The van der Waals surface area contributed by atoms with Crippen molar-refractivity contribution in [3.63, 3.8) is 0 Å². The Balaban J connectivity index is 1.46. The van der Waals surface area contributed by atoms with Gasteiger partial charge in [-0.3, -0.25) is 9.59 Å². The van der Waals surface area contributed by atoms with Crippen molar-refractivity contribution in [1.29, 1.82) is 0 Å². The van der Waals surface area contributed by atoms with Crippen LogP contribution >= 0.6 is 0 Å². The highest BCUT2D eigenvalue weighted by Crippen LogP contribution is 2.29. The molecule has 1 heterocycles. The molecule has 0 radical (unpaired) electrons. The minimum absolute atomic E-state index is 0.0518. The van der Waals surface area contributed by atoms with Gasteiger partial charge in [-0.2, -0.15) is 0 Å². The molecule has 2 aromatic carbocycles. The van der Waals surface area contributed by atoms with Gasteiger partial charge in [0.25, 0.3) is 11.5 Å². The van der Waals surface area contributed by atoms with Crippen LogP contribution in [0.1, 0.15) is 55.6 Å². The summed E-state index contributed by atoms with van der Waals surface area (Å²) in [6.45, 7) is 3.90. The number of nitrogens with one attached hydrogen (secondary N) is 3. The standard InChI is InChI=1S/C25H30N4O2/c1-2-3-15-29(16-23-26-22-13-7-6-12-20(22)25(31)28-23)17-24(30)27-21-14-8-10-18-9-4-5-11-19(18)21/h4-7,9,11-13,21H,2-3,8,10,14-17H2,1H3,(H,27,30)(H,26,28,31)/p+1/t21-/m1/s1. The fourth-order valence-corrected chi connectivity index (χ4v) is 4.50. The molecule has 0 fully saturated rings. The summed E-state index contributed by atoms with van der Waals surface area (Å²) in [6, 6.07) is 15.8. The number of carbonyl (C=O) groups is 1. The van der Waals surface area contributed by atoms with Gasteiger partial charge in [0.15, 0.2) is 12.4 Å². The Morgan fingerprint density at radius 2 is 2.00 bits per heavy atom. The number of fused-ring (bicyclic) bond motifs is 2. The Hall–Kier alpha value is -2.99. The van der Waals surface area contributed by atoms with Gasteiger partial charge in [0, 0.05) is 0 Å². The number of aromatic amines is 1. The van der Waals surface area contributed by atoms with Crippen molar-refractivity contribution in [2.24, 2.45) is 0 Å². The van der Waals surface area contributed by atoms with Crippen molar-refractivity contribution in [3.8, 4) is 0 Å². The number of hydrogen-bond donors (Lipinski definition) is 3. The van der Waals surface area contributed by atoms with Gasteiger partial charge in [-0.15, -0.1) is 0 Å². The molecule has 162 valence electrons. The first-order valence-corrected chi connectivity index (χ1v) is 11.3. The Morgan fingerprint density at radius 1 is 1.19 bits per heavy atom. The van der Waals surface area contributed by atoms with Gasteiger partial charge in [0.2, 0.25) is 0 Å². The SMILES string of the molecule is CCCC[NH+](CC(=O)N[C@@H]1CCCc2ccccc21)Cc1nc2ccccc2c(=O)[nH]1. The van der Waals surface area contributed by atoms with E-state index < -0.39 is 0 Å². The van der Waals surface area contributed by atoms with Crippen molar-refractivity contribution in [2.45, 2.75) is 51.6 Å². The lowest BCUT2D eigenvalue weighted by Gasteiger charge is -2.27. The van der Waals surface area contributed by atoms with Crippen molar-refractivity contribution < 1.29 is 9.69 Å². The molecule has 2 atom stereocenters. The highest BCUT2D eigenvalue weighted by Gasteiger charge is 2.23. The minimum atomic E-state index is -0.126. The zero-order chi connectivity index (χ0) is 21.6. The molecule has 1 unspecified atom stereocenters. The number of quaternary nitrogens is 1. The molecule has 6 heteroatoms. The molecule has 0 bridgehead atoms. The smallest absolute Gasteiger partial charge is 0.275 e. The Labute approximate surface area is 182 Å². The van der Waals surface area contributed by atoms with Crippen molar-refractivity contribution >= 4 is 16.8 Å². The maximum absolute atomic E-state index is 12.9. The van der Waals surface area contributed by atoms with Crippen LogP contribution in [0.15, 0.2) is 53.3 Å². The number of unbranched alkanes of at least 4 members (excludes halogenated alkanes) is 1. The average molecular weight is 420 g/mol. The zero-order valence-corrected chi connectivity index (χ0v) is 18.1. The lowest BCUT2D eigenvalue weighted by Crippen LogP contribution is -3.12. The van der Waals surface area contributed by atoms with Crippen molar-refractivity contribution in [3.05, 3.63) is 75.8 Å². The molecule has 1 amide bonds. The second kappa shape index (κ2) is 9.88. The van der Waals surface area contributed by atoms with E-state index in [1.165, 1.54) is 11.1 Å². The Morgan fingerprint density at radius 3 is 2.87 bits per heavy atom. The molecule has 6 nitrogen and oxygen atoms in total. The van der Waals surface area contributed by atoms with Crippen LogP contribution in [-0.2, 0) is 17.8 Å². The maximum Gasteiger partial charge on any atom is 0.275 e. The van der Waals surface area contributed by atoms with Gasteiger partial charge in [0.1, 0.15) is 6.54 Å². The second-order valence-corrected chi connectivity index (χ2v) is 8.45. The van der Waals surface area contributed by atoms with E-state index in [1.54, 1.807) is 6.07 Å². The van der Waals surface area contributed by atoms with E-state index in [0.717, 1.165) is 43.5 Å². The summed E-state index contributed by atoms with van der Waals surface area (Å²) in [5, 5.41) is 3.85. The van der Waals surface area contributed by atoms with E-state index >= 15 is 0 Å². The number of H-pyrrole nitrogens is 1. The summed E-state index contributed by atoms with van der Waals surface area (Å²) in [5.74, 6) is 0.682. The molecule has 1 aromatic heterocycles. The van der Waals surface area contributed by atoms with Gasteiger partial charge in [0.05, 0.1) is 23.5 Å². The van der Waals surface area contributed by atoms with E-state index in [-0.39, 0.29) is 17.5 Å². The van der Waals surface area contributed by atoms with Crippen LogP contribution in [0.4, 0.5) is 0 Å². The lowest BCUT2D eigenvalue weighted by molar-refractivity contribution is -0.906. The molecule has 1 aliphatic carbocycles. The number of amides is 1. The van der Waals surface area contributed by atoms with Gasteiger partial charge in [-0.1, -0.05) is 49.7 Å². The fraction of sp³-hybridized carbons (Fsp3) is 0.400. The molecule has 0 spiro atoms. The number of para-hydroxylation sites is 1. The van der Waals surface area contributed by atoms with Crippen molar-refractivity contribution in [2.75, 3.05) is 13.1 Å². The number of nitrogens with zero attached hydrogens (tertiary/aromatic N) is 1. The van der Waals surface area contributed by atoms with Gasteiger partial charge in [-0.05, 0) is 48.9 Å². The number of benzene rings is 2. The molecular formula is C25H31N4O2+. The highest BCUT2D eigenvalue weighted by molar-refractivity contribution is 5.78. The van der Waals surface area contributed by atoms with Crippen LogP contribution in [0.5, 0.6) is 0 Å². The van der Waals surface area contributed by atoms with Gasteiger partial charge in [-0.25, -0.2) is 4.98 Å². The van der Waals surface area contributed by atoms with Crippen LogP contribution in [0.2, 0.25) is 0 Å². The first kappa shape index (κ1) is 21.2. The molecule has 3 aromatic rings. The Kier molecular flexibility index (Phi) is 6.77. The van der Waals surface area contributed by atoms with E-state index in [1.807, 2.05) is 24.3 Å². The quantitative estimate of drug-likeness (QED) is 0.524. The topological polar surface area (TPSA) is 79.3 Å². The molecule has 0 aliphatic heterocycles. The second-order valence-electron chi connectivity index (χ2n) is 8.45. The molecule has 31 heavy (non-hydrogen) atoms. The summed E-state index contributed by atoms with van der Waals surface area (Å²) < 4.78 is 0. The monoisotopic (exact) mass is 419 g/mol. The third-order valence-electron chi connectivity index (χ3n) is 6.08. The third-order valence-corrected chi connectivity index (χ3v) is 6.08. The summed E-state index contributed by atoms with van der Waals surface area (Å²) in [7, 11) is 0.